The molecule has 1 rings (SSSR count). The molecule has 1 aliphatic rings. The van der Waals surface area contributed by atoms with E-state index >= 15 is 0 Å². The van der Waals surface area contributed by atoms with Gasteiger partial charge in [0.2, 0.25) is 0 Å². The van der Waals surface area contributed by atoms with Gasteiger partial charge in [-0.2, -0.15) is 0 Å². The smallest absolute Gasteiger partial charge is 0.0503 e. The second kappa shape index (κ2) is 4.04. The topological polar surface area (TPSA) is 35.5 Å². The molecule has 0 aromatic rings. The molecule has 0 bridgehead atoms. The first-order valence-electron chi connectivity index (χ1n) is 5.81. The highest BCUT2D eigenvalue weighted by Crippen LogP contribution is 2.46. The van der Waals surface area contributed by atoms with Crippen molar-refractivity contribution in [2.24, 2.45) is 11.3 Å². The number of likely N-dealkylation sites (N-methyl/N-ethyl adjacent to an activating group) is 1. The van der Waals surface area contributed by atoms with Gasteiger partial charge in [0, 0.05) is 5.54 Å². The van der Waals surface area contributed by atoms with Crippen LogP contribution in [0.25, 0.3) is 0 Å². The van der Waals surface area contributed by atoms with Crippen LogP contribution >= 0.6 is 0 Å². The third-order valence-electron chi connectivity index (χ3n) is 4.67. The van der Waals surface area contributed by atoms with Crippen LogP contribution in [0.5, 0.6) is 0 Å². The van der Waals surface area contributed by atoms with Gasteiger partial charge in [-0.05, 0) is 45.2 Å². The van der Waals surface area contributed by atoms with Crippen molar-refractivity contribution >= 4 is 0 Å². The van der Waals surface area contributed by atoms with Gasteiger partial charge in [0.25, 0.3) is 0 Å². The number of rotatable bonds is 2. The number of nitrogens with zero attached hydrogens (tertiary/aromatic N) is 1. The first kappa shape index (κ1) is 12.9. The van der Waals surface area contributed by atoms with Crippen molar-refractivity contribution in [1.29, 1.82) is 0 Å². The van der Waals surface area contributed by atoms with Crippen LogP contribution in [0.1, 0.15) is 40.5 Å². The van der Waals surface area contributed by atoms with Gasteiger partial charge in [0.15, 0.2) is 0 Å². The summed E-state index contributed by atoms with van der Waals surface area (Å²) in [6.07, 6.45) is 2.13. The van der Waals surface area contributed by atoms with E-state index in [9.17, 15) is 5.21 Å². The Hall–Kier alpha value is -0.120. The highest BCUT2D eigenvalue weighted by atomic mass is 16.5. The van der Waals surface area contributed by atoms with Crippen LogP contribution < -0.4 is 5.48 Å². The molecule has 90 valence electrons. The Morgan fingerprint density at radius 2 is 1.80 bits per heavy atom. The molecule has 3 atom stereocenters. The van der Waals surface area contributed by atoms with Gasteiger partial charge >= 0.3 is 0 Å². The fourth-order valence-corrected chi connectivity index (χ4v) is 2.81. The normalized spacial score (nSPS) is 40.8. The summed E-state index contributed by atoms with van der Waals surface area (Å²) < 4.78 is 0. The zero-order valence-electron chi connectivity index (χ0n) is 11.0. The lowest BCUT2D eigenvalue weighted by atomic mass is 9.61. The largest absolute Gasteiger partial charge is 0.316 e. The highest BCUT2D eigenvalue weighted by Gasteiger charge is 2.48. The molecular formula is C12H26N2O. The Labute approximate surface area is 93.8 Å². The third-order valence-corrected chi connectivity index (χ3v) is 4.67. The maximum Gasteiger partial charge on any atom is 0.0503 e. The number of hydroxylamine groups is 1. The second-order valence-corrected chi connectivity index (χ2v) is 6.24. The zero-order valence-corrected chi connectivity index (χ0v) is 11.0. The van der Waals surface area contributed by atoms with Gasteiger partial charge in [-0.15, -0.1) is 0 Å². The molecule has 0 aromatic heterocycles. The molecule has 0 aliphatic heterocycles. The van der Waals surface area contributed by atoms with E-state index in [1.165, 1.54) is 0 Å². The van der Waals surface area contributed by atoms with Gasteiger partial charge in [-0.25, -0.2) is 5.48 Å². The summed E-state index contributed by atoms with van der Waals surface area (Å²) in [5, 5.41) is 9.29. The highest BCUT2D eigenvalue weighted by molar-refractivity contribution is 5.03. The van der Waals surface area contributed by atoms with E-state index in [0.717, 1.165) is 12.8 Å². The van der Waals surface area contributed by atoms with E-state index in [0.29, 0.717) is 11.3 Å². The summed E-state index contributed by atoms with van der Waals surface area (Å²) in [5.74, 6) is 0.634. The maximum atomic E-state index is 9.29. The van der Waals surface area contributed by atoms with E-state index in [-0.39, 0.29) is 11.6 Å². The van der Waals surface area contributed by atoms with Crippen molar-refractivity contribution in [1.82, 2.24) is 10.4 Å². The lowest BCUT2D eigenvalue weighted by Gasteiger charge is -2.54. The molecule has 3 unspecified atom stereocenters. The lowest BCUT2D eigenvalue weighted by molar-refractivity contribution is -0.0551. The number of hydrogen-bond donors (Lipinski definition) is 2. The molecule has 0 radical (unpaired) electrons. The summed E-state index contributed by atoms with van der Waals surface area (Å²) in [4.78, 5) is 2.23. The van der Waals surface area contributed by atoms with E-state index in [1.54, 1.807) is 0 Å². The zero-order chi connectivity index (χ0) is 11.9. The number of nitrogens with one attached hydrogen (secondary N) is 1. The molecule has 0 amide bonds. The van der Waals surface area contributed by atoms with Gasteiger partial charge in [-0.3, -0.25) is 0 Å². The molecule has 1 fully saturated rings. The quantitative estimate of drug-likeness (QED) is 0.691. The number of hydrogen-bond acceptors (Lipinski definition) is 3. The first-order chi connectivity index (χ1) is 6.74. The van der Waals surface area contributed by atoms with Crippen molar-refractivity contribution < 1.29 is 5.21 Å². The van der Waals surface area contributed by atoms with Gasteiger partial charge < -0.3 is 10.1 Å². The van der Waals surface area contributed by atoms with E-state index < -0.39 is 0 Å². The van der Waals surface area contributed by atoms with Crippen molar-refractivity contribution in [3.8, 4) is 0 Å². The minimum Gasteiger partial charge on any atom is -0.316 e. The molecule has 3 nitrogen and oxygen atoms in total. The van der Waals surface area contributed by atoms with Crippen molar-refractivity contribution in [2.45, 2.75) is 52.1 Å². The van der Waals surface area contributed by atoms with Crippen LogP contribution in [0, 0.1) is 11.3 Å². The summed E-state index contributed by atoms with van der Waals surface area (Å²) in [6, 6.07) is 0.163. The Balaban J connectivity index is 2.94. The molecular weight excluding hydrogens is 188 g/mol. The minimum absolute atomic E-state index is 0.0325. The summed E-state index contributed by atoms with van der Waals surface area (Å²) >= 11 is 0. The second-order valence-electron chi connectivity index (χ2n) is 6.24. The first-order valence-corrected chi connectivity index (χ1v) is 5.81. The fraction of sp³-hybridized carbons (Fsp3) is 1.00. The van der Waals surface area contributed by atoms with Crippen LogP contribution in [0.3, 0.4) is 0 Å². The van der Waals surface area contributed by atoms with Crippen molar-refractivity contribution in [3.63, 3.8) is 0 Å². The SMILES string of the molecule is CC1CC(NO)C(C)(N(C)C)CC1(C)C. The standard InChI is InChI=1S/C12H26N2O/c1-9-7-10(13-15)12(4,14(5)6)8-11(9,2)3/h9-10,13,15H,7-8H2,1-6H3. The van der Waals surface area contributed by atoms with Crippen LogP contribution in [-0.4, -0.2) is 35.8 Å². The molecule has 2 N–H and O–H groups in total. The lowest BCUT2D eigenvalue weighted by Crippen LogP contribution is -2.62. The fourth-order valence-electron chi connectivity index (χ4n) is 2.81. The van der Waals surface area contributed by atoms with Gasteiger partial charge in [0.1, 0.15) is 0 Å². The summed E-state index contributed by atoms with van der Waals surface area (Å²) in [5.41, 5.74) is 2.87. The van der Waals surface area contributed by atoms with Gasteiger partial charge in [0.05, 0.1) is 6.04 Å². The monoisotopic (exact) mass is 214 g/mol. The predicted octanol–water partition coefficient (Wildman–Crippen LogP) is 2.11. The van der Waals surface area contributed by atoms with E-state index in [4.69, 9.17) is 0 Å². The van der Waals surface area contributed by atoms with Crippen LogP contribution in [0.4, 0.5) is 0 Å². The van der Waals surface area contributed by atoms with Gasteiger partial charge in [-0.1, -0.05) is 20.8 Å². The van der Waals surface area contributed by atoms with E-state index in [1.807, 2.05) is 0 Å². The van der Waals surface area contributed by atoms with E-state index in [2.05, 4.69) is 52.2 Å². The average molecular weight is 214 g/mol. The van der Waals surface area contributed by atoms with Crippen molar-refractivity contribution in [2.75, 3.05) is 14.1 Å². The third kappa shape index (κ3) is 2.19. The molecule has 3 heteroatoms. The van der Waals surface area contributed by atoms with Crippen molar-refractivity contribution in [3.05, 3.63) is 0 Å². The van der Waals surface area contributed by atoms with Crippen LogP contribution in [0.2, 0.25) is 0 Å². The Kier molecular flexibility index (Phi) is 3.49. The molecule has 0 spiro atoms. The molecule has 0 saturated heterocycles. The Morgan fingerprint density at radius 3 is 2.20 bits per heavy atom. The average Bonchev–Trinajstić information content (AvgIpc) is 2.10. The van der Waals surface area contributed by atoms with Crippen LogP contribution in [-0.2, 0) is 0 Å². The molecule has 0 heterocycles. The summed E-state index contributed by atoms with van der Waals surface area (Å²) in [7, 11) is 4.19. The van der Waals surface area contributed by atoms with Crippen LogP contribution in [0.15, 0.2) is 0 Å². The molecule has 0 aromatic carbocycles. The minimum atomic E-state index is 0.0325. The molecule has 1 aliphatic carbocycles. The predicted molar refractivity (Wildman–Crippen MR) is 63.0 cm³/mol. The molecule has 15 heavy (non-hydrogen) atoms. The Morgan fingerprint density at radius 1 is 1.27 bits per heavy atom. The Bertz CT molecular complexity index is 228. The summed E-state index contributed by atoms with van der Waals surface area (Å²) in [6.45, 7) is 9.16. The molecule has 1 saturated carbocycles. The maximum absolute atomic E-state index is 9.29.